The van der Waals surface area contributed by atoms with Crippen LogP contribution in [0, 0.1) is 0 Å². The van der Waals surface area contributed by atoms with E-state index in [2.05, 4.69) is 0 Å². The van der Waals surface area contributed by atoms with Crippen LogP contribution in [0.1, 0.15) is 13.3 Å². The van der Waals surface area contributed by atoms with Crippen molar-refractivity contribution < 1.29 is 9.47 Å². The van der Waals surface area contributed by atoms with Crippen LogP contribution in [0.4, 0.5) is 0 Å². The molecule has 1 heterocycles. The summed E-state index contributed by atoms with van der Waals surface area (Å²) in [6, 6.07) is 0. The van der Waals surface area contributed by atoms with Gasteiger partial charge >= 0.3 is 0 Å². The van der Waals surface area contributed by atoms with Crippen molar-refractivity contribution in [2.24, 2.45) is 0 Å². The van der Waals surface area contributed by atoms with Crippen LogP contribution >= 0.6 is 0 Å². The molecule has 0 aromatic carbocycles. The van der Waals surface area contributed by atoms with Gasteiger partial charge in [0.15, 0.2) is 0 Å². The predicted octanol–water partition coefficient (Wildman–Crippen LogP) is 1.33. The molecule has 1 aliphatic rings. The van der Waals surface area contributed by atoms with Crippen molar-refractivity contribution in [3.63, 3.8) is 0 Å². The smallest absolute Gasteiger partial charge is 0.0898 e. The van der Waals surface area contributed by atoms with E-state index in [1.807, 2.05) is 13.0 Å². The first-order valence-corrected chi connectivity index (χ1v) is 3.28. The maximum Gasteiger partial charge on any atom is 0.0898 e. The van der Waals surface area contributed by atoms with Crippen LogP contribution in [0.25, 0.3) is 0 Å². The number of rotatable bonds is 4. The zero-order valence-electron chi connectivity index (χ0n) is 5.67. The number of hydrogen-bond acceptors (Lipinski definition) is 2. The number of allylic oxidation sites excluding steroid dienone is 1. The molecule has 0 aromatic rings. The van der Waals surface area contributed by atoms with Crippen LogP contribution in [0.15, 0.2) is 12.3 Å². The third kappa shape index (κ3) is 3.14. The Bertz CT molecular complexity index is 95.1. The van der Waals surface area contributed by atoms with Crippen molar-refractivity contribution in [2.45, 2.75) is 19.4 Å². The summed E-state index contributed by atoms with van der Waals surface area (Å²) in [6.07, 6.45) is 5.12. The van der Waals surface area contributed by atoms with Gasteiger partial charge in [-0.05, 0) is 6.92 Å². The Morgan fingerprint density at radius 2 is 2.56 bits per heavy atom. The molecule has 0 aliphatic carbocycles. The zero-order chi connectivity index (χ0) is 6.53. The lowest BCUT2D eigenvalue weighted by atomic mass is 10.4. The van der Waals surface area contributed by atoms with Crippen molar-refractivity contribution in [3.8, 4) is 0 Å². The Kier molecular flexibility index (Phi) is 2.58. The Balaban J connectivity index is 1.81. The SMILES string of the molecule is CC=COCCC1CO1. The number of ether oxygens (including phenoxy) is 2. The molecular formula is C7H12O2. The van der Waals surface area contributed by atoms with Gasteiger partial charge in [-0.2, -0.15) is 0 Å². The average molecular weight is 128 g/mol. The predicted molar refractivity (Wildman–Crippen MR) is 35.1 cm³/mol. The summed E-state index contributed by atoms with van der Waals surface area (Å²) in [4.78, 5) is 0. The summed E-state index contributed by atoms with van der Waals surface area (Å²) in [5.74, 6) is 0. The summed E-state index contributed by atoms with van der Waals surface area (Å²) in [5, 5.41) is 0. The van der Waals surface area contributed by atoms with Crippen LogP contribution < -0.4 is 0 Å². The first kappa shape index (κ1) is 6.62. The van der Waals surface area contributed by atoms with Crippen LogP contribution in [-0.4, -0.2) is 19.3 Å². The Labute approximate surface area is 55.5 Å². The standard InChI is InChI=1S/C7H12O2/c1-2-4-8-5-3-7-6-9-7/h2,4,7H,3,5-6H2,1H3. The second-order valence-electron chi connectivity index (χ2n) is 2.08. The highest BCUT2D eigenvalue weighted by atomic mass is 16.6. The molecular weight excluding hydrogens is 116 g/mol. The molecule has 0 N–H and O–H groups in total. The largest absolute Gasteiger partial charge is 0.501 e. The van der Waals surface area contributed by atoms with Gasteiger partial charge in [0.05, 0.1) is 25.6 Å². The molecule has 1 saturated heterocycles. The van der Waals surface area contributed by atoms with Gasteiger partial charge in [-0.3, -0.25) is 0 Å². The molecule has 2 nitrogen and oxygen atoms in total. The molecule has 1 fully saturated rings. The number of epoxide rings is 1. The minimum Gasteiger partial charge on any atom is -0.501 e. The molecule has 1 rings (SSSR count). The lowest BCUT2D eigenvalue weighted by Crippen LogP contribution is -1.92. The summed E-state index contributed by atoms with van der Waals surface area (Å²) in [5.41, 5.74) is 0. The van der Waals surface area contributed by atoms with Crippen LogP contribution in [0.5, 0.6) is 0 Å². The molecule has 0 radical (unpaired) electrons. The third-order valence-electron chi connectivity index (χ3n) is 1.19. The second kappa shape index (κ2) is 3.51. The van der Waals surface area contributed by atoms with E-state index in [0.29, 0.717) is 6.10 Å². The summed E-state index contributed by atoms with van der Waals surface area (Å²) in [7, 11) is 0. The topological polar surface area (TPSA) is 21.8 Å². The van der Waals surface area contributed by atoms with Crippen LogP contribution in [0.2, 0.25) is 0 Å². The highest BCUT2D eigenvalue weighted by Crippen LogP contribution is 2.12. The number of hydrogen-bond donors (Lipinski definition) is 0. The lowest BCUT2D eigenvalue weighted by molar-refractivity contribution is 0.228. The van der Waals surface area contributed by atoms with Crippen LogP contribution in [0.3, 0.4) is 0 Å². The molecule has 1 atom stereocenters. The minimum atomic E-state index is 0.496. The Morgan fingerprint density at radius 3 is 3.11 bits per heavy atom. The fourth-order valence-corrected chi connectivity index (χ4v) is 0.598. The zero-order valence-corrected chi connectivity index (χ0v) is 5.67. The van der Waals surface area contributed by atoms with E-state index in [0.717, 1.165) is 19.6 Å². The maximum absolute atomic E-state index is 5.07. The molecule has 52 valence electrons. The Morgan fingerprint density at radius 1 is 1.78 bits per heavy atom. The average Bonchev–Trinajstić information content (AvgIpc) is 2.63. The van der Waals surface area contributed by atoms with Crippen molar-refractivity contribution in [1.29, 1.82) is 0 Å². The van der Waals surface area contributed by atoms with Crippen molar-refractivity contribution >= 4 is 0 Å². The van der Waals surface area contributed by atoms with Gasteiger partial charge in [-0.15, -0.1) is 0 Å². The van der Waals surface area contributed by atoms with Crippen molar-refractivity contribution in [3.05, 3.63) is 12.3 Å². The lowest BCUT2D eigenvalue weighted by Gasteiger charge is -1.94. The monoisotopic (exact) mass is 128 g/mol. The normalized spacial score (nSPS) is 24.8. The third-order valence-corrected chi connectivity index (χ3v) is 1.19. The van der Waals surface area contributed by atoms with Gasteiger partial charge < -0.3 is 9.47 Å². The molecule has 0 bridgehead atoms. The van der Waals surface area contributed by atoms with E-state index in [1.54, 1.807) is 6.26 Å². The van der Waals surface area contributed by atoms with E-state index < -0.39 is 0 Å². The summed E-state index contributed by atoms with van der Waals surface area (Å²) >= 11 is 0. The molecule has 1 unspecified atom stereocenters. The van der Waals surface area contributed by atoms with Gasteiger partial charge in [0.1, 0.15) is 0 Å². The fraction of sp³-hybridized carbons (Fsp3) is 0.714. The maximum atomic E-state index is 5.07. The molecule has 1 aliphatic heterocycles. The van der Waals surface area contributed by atoms with E-state index in [9.17, 15) is 0 Å². The van der Waals surface area contributed by atoms with E-state index >= 15 is 0 Å². The van der Waals surface area contributed by atoms with Gasteiger partial charge in [0.25, 0.3) is 0 Å². The van der Waals surface area contributed by atoms with Crippen molar-refractivity contribution in [2.75, 3.05) is 13.2 Å². The highest BCUT2D eigenvalue weighted by Gasteiger charge is 2.21. The first-order valence-electron chi connectivity index (χ1n) is 3.28. The molecule has 0 spiro atoms. The first-order chi connectivity index (χ1) is 4.43. The van der Waals surface area contributed by atoms with Crippen molar-refractivity contribution in [1.82, 2.24) is 0 Å². The molecule has 0 saturated carbocycles. The fourth-order valence-electron chi connectivity index (χ4n) is 0.598. The van der Waals surface area contributed by atoms with Crippen LogP contribution in [-0.2, 0) is 9.47 Å². The van der Waals surface area contributed by atoms with E-state index in [-0.39, 0.29) is 0 Å². The minimum absolute atomic E-state index is 0.496. The summed E-state index contributed by atoms with van der Waals surface area (Å²) < 4.78 is 10.1. The molecule has 0 aromatic heterocycles. The van der Waals surface area contributed by atoms with E-state index in [4.69, 9.17) is 9.47 Å². The molecule has 9 heavy (non-hydrogen) atoms. The van der Waals surface area contributed by atoms with Gasteiger partial charge in [-0.25, -0.2) is 0 Å². The molecule has 0 amide bonds. The van der Waals surface area contributed by atoms with Gasteiger partial charge in [-0.1, -0.05) is 6.08 Å². The van der Waals surface area contributed by atoms with E-state index in [1.165, 1.54) is 0 Å². The quantitative estimate of drug-likeness (QED) is 0.323. The van der Waals surface area contributed by atoms with Gasteiger partial charge in [0, 0.05) is 6.42 Å². The summed E-state index contributed by atoms with van der Waals surface area (Å²) in [6.45, 7) is 3.65. The Hall–Kier alpha value is -0.500. The second-order valence-corrected chi connectivity index (χ2v) is 2.08. The van der Waals surface area contributed by atoms with Gasteiger partial charge in [0.2, 0.25) is 0 Å². The molecule has 2 heteroatoms. The highest BCUT2D eigenvalue weighted by molar-refractivity contribution is 4.70.